The van der Waals surface area contributed by atoms with Gasteiger partial charge in [-0.2, -0.15) is 12.6 Å². The van der Waals surface area contributed by atoms with Crippen LogP contribution in [0.15, 0.2) is 0 Å². The molecule has 0 spiro atoms. The van der Waals surface area contributed by atoms with E-state index in [4.69, 9.17) is 0 Å². The molecule has 0 amide bonds. The van der Waals surface area contributed by atoms with Crippen LogP contribution in [-0.2, 0) is 0 Å². The summed E-state index contributed by atoms with van der Waals surface area (Å²) in [5, 5.41) is 0. The number of unbranched alkanes of at least 4 members (excludes halogenated alkanes) is 1. The monoisotopic (exact) mass is 229 g/mol. The molecule has 1 fully saturated rings. The Hall–Kier alpha value is 0.310. The molecule has 1 unspecified atom stereocenters. The van der Waals surface area contributed by atoms with Crippen molar-refractivity contribution in [2.24, 2.45) is 5.92 Å². The van der Waals surface area contributed by atoms with Crippen molar-refractivity contribution in [3.05, 3.63) is 0 Å². The topological polar surface area (TPSA) is 3.24 Å². The van der Waals surface area contributed by atoms with E-state index in [1.165, 1.54) is 64.6 Å². The van der Waals surface area contributed by atoms with Crippen LogP contribution >= 0.6 is 12.6 Å². The van der Waals surface area contributed by atoms with E-state index in [1.807, 2.05) is 0 Å². The van der Waals surface area contributed by atoms with Crippen LogP contribution in [0.2, 0.25) is 0 Å². The van der Waals surface area contributed by atoms with Crippen molar-refractivity contribution in [1.29, 1.82) is 0 Å². The molecule has 0 saturated carbocycles. The van der Waals surface area contributed by atoms with Gasteiger partial charge in [-0.15, -0.1) is 0 Å². The molecule has 0 aromatic rings. The van der Waals surface area contributed by atoms with Gasteiger partial charge in [0.2, 0.25) is 0 Å². The van der Waals surface area contributed by atoms with Crippen molar-refractivity contribution in [1.82, 2.24) is 4.90 Å². The fraction of sp³-hybridized carbons (Fsp3) is 1.00. The number of hydrogen-bond acceptors (Lipinski definition) is 2. The van der Waals surface area contributed by atoms with Gasteiger partial charge < -0.3 is 4.90 Å². The first-order valence-corrected chi connectivity index (χ1v) is 7.33. The first kappa shape index (κ1) is 13.4. The van der Waals surface area contributed by atoms with Crippen LogP contribution in [0.3, 0.4) is 0 Å². The zero-order valence-corrected chi connectivity index (χ0v) is 11.1. The first-order valence-electron chi connectivity index (χ1n) is 6.70. The molecule has 1 saturated heterocycles. The Morgan fingerprint density at radius 2 is 2.07 bits per heavy atom. The Balaban J connectivity index is 2.14. The van der Waals surface area contributed by atoms with E-state index in [0.29, 0.717) is 0 Å². The van der Waals surface area contributed by atoms with Gasteiger partial charge in [-0.3, -0.25) is 0 Å². The molecule has 1 aliphatic heterocycles. The highest BCUT2D eigenvalue weighted by atomic mass is 32.1. The van der Waals surface area contributed by atoms with Crippen LogP contribution in [0.1, 0.15) is 51.9 Å². The molecule has 0 N–H and O–H groups in total. The summed E-state index contributed by atoms with van der Waals surface area (Å²) in [5.74, 6) is 2.07. The number of rotatable bonds is 6. The van der Waals surface area contributed by atoms with Crippen LogP contribution in [0.25, 0.3) is 0 Å². The van der Waals surface area contributed by atoms with E-state index >= 15 is 0 Å². The second-order valence-electron chi connectivity index (χ2n) is 4.86. The first-order chi connectivity index (χ1) is 7.36. The molecule has 1 rings (SSSR count). The quantitative estimate of drug-likeness (QED) is 0.538. The highest BCUT2D eigenvalue weighted by Gasteiger charge is 2.15. The summed E-state index contributed by atoms with van der Waals surface area (Å²) < 4.78 is 0. The summed E-state index contributed by atoms with van der Waals surface area (Å²) in [4.78, 5) is 2.67. The number of nitrogens with zero attached hydrogens (tertiary/aromatic N) is 1. The lowest BCUT2D eigenvalue weighted by molar-refractivity contribution is 0.275. The zero-order valence-electron chi connectivity index (χ0n) is 10.2. The maximum Gasteiger partial charge on any atom is -0.00161 e. The number of hydrogen-bond donors (Lipinski definition) is 1. The van der Waals surface area contributed by atoms with Crippen molar-refractivity contribution in [2.45, 2.75) is 51.9 Å². The minimum atomic E-state index is 1.02. The molecule has 2 heteroatoms. The van der Waals surface area contributed by atoms with Crippen LogP contribution in [-0.4, -0.2) is 30.3 Å². The smallest absolute Gasteiger partial charge is 0.00161 e. The van der Waals surface area contributed by atoms with Crippen molar-refractivity contribution in [3.63, 3.8) is 0 Å². The third-order valence-corrected chi connectivity index (χ3v) is 3.84. The fourth-order valence-corrected chi connectivity index (χ4v) is 2.82. The van der Waals surface area contributed by atoms with E-state index < -0.39 is 0 Å². The summed E-state index contributed by atoms with van der Waals surface area (Å²) >= 11 is 4.26. The normalized spacial score (nSPS) is 24.0. The summed E-state index contributed by atoms with van der Waals surface area (Å²) in [6, 6.07) is 0. The van der Waals surface area contributed by atoms with Crippen molar-refractivity contribution in [2.75, 3.05) is 25.4 Å². The zero-order chi connectivity index (χ0) is 10.9. The van der Waals surface area contributed by atoms with Gasteiger partial charge in [-0.1, -0.05) is 19.8 Å². The molecule has 1 atom stereocenters. The second-order valence-corrected chi connectivity index (χ2v) is 5.31. The SMILES string of the molecule is CCCC1CCCN(CCCCS)CC1. The molecular formula is C13H27NS. The molecule has 1 aliphatic rings. The molecule has 1 nitrogen and oxygen atoms in total. The molecule has 15 heavy (non-hydrogen) atoms. The second kappa shape index (κ2) is 8.46. The Morgan fingerprint density at radius 1 is 1.20 bits per heavy atom. The summed E-state index contributed by atoms with van der Waals surface area (Å²) in [6.07, 6.45) is 9.76. The van der Waals surface area contributed by atoms with Crippen LogP contribution < -0.4 is 0 Å². The summed E-state index contributed by atoms with van der Waals surface area (Å²) in [5.41, 5.74) is 0. The van der Waals surface area contributed by atoms with Gasteiger partial charge in [0.15, 0.2) is 0 Å². The third-order valence-electron chi connectivity index (χ3n) is 3.52. The maximum absolute atomic E-state index is 4.26. The Morgan fingerprint density at radius 3 is 2.80 bits per heavy atom. The van der Waals surface area contributed by atoms with Gasteiger partial charge in [0.25, 0.3) is 0 Å². The van der Waals surface area contributed by atoms with Gasteiger partial charge in [-0.25, -0.2) is 0 Å². The van der Waals surface area contributed by atoms with Crippen molar-refractivity contribution < 1.29 is 0 Å². The van der Waals surface area contributed by atoms with Gasteiger partial charge >= 0.3 is 0 Å². The molecule has 1 heterocycles. The van der Waals surface area contributed by atoms with Crippen LogP contribution in [0, 0.1) is 5.92 Å². The van der Waals surface area contributed by atoms with Gasteiger partial charge in [0.05, 0.1) is 0 Å². The average Bonchev–Trinajstić information content (AvgIpc) is 2.45. The minimum Gasteiger partial charge on any atom is -0.303 e. The lowest BCUT2D eigenvalue weighted by Gasteiger charge is -2.19. The Labute approximate surface area is 101 Å². The lowest BCUT2D eigenvalue weighted by Crippen LogP contribution is -2.26. The van der Waals surface area contributed by atoms with E-state index in [2.05, 4.69) is 24.5 Å². The molecule has 0 aromatic heterocycles. The van der Waals surface area contributed by atoms with Gasteiger partial charge in [0.1, 0.15) is 0 Å². The largest absolute Gasteiger partial charge is 0.303 e. The summed E-state index contributed by atoms with van der Waals surface area (Å²) in [7, 11) is 0. The predicted molar refractivity (Wildman–Crippen MR) is 71.8 cm³/mol. The van der Waals surface area contributed by atoms with Gasteiger partial charge in [-0.05, 0) is 63.4 Å². The molecule has 0 bridgehead atoms. The standard InChI is InChI=1S/C13H27NS/c1-2-6-13-7-5-10-14(11-8-13)9-3-4-12-15/h13,15H,2-12H2,1H3. The van der Waals surface area contributed by atoms with E-state index in [-0.39, 0.29) is 0 Å². The molecule has 90 valence electrons. The molecule has 0 aromatic carbocycles. The minimum absolute atomic E-state index is 1.02. The highest BCUT2D eigenvalue weighted by Crippen LogP contribution is 2.21. The van der Waals surface area contributed by atoms with E-state index in [0.717, 1.165) is 11.7 Å². The predicted octanol–water partition coefficient (Wildman–Crippen LogP) is 3.60. The van der Waals surface area contributed by atoms with Gasteiger partial charge in [0, 0.05) is 0 Å². The third kappa shape index (κ3) is 5.82. The molecule has 0 radical (unpaired) electrons. The van der Waals surface area contributed by atoms with E-state index in [1.54, 1.807) is 0 Å². The average molecular weight is 229 g/mol. The summed E-state index contributed by atoms with van der Waals surface area (Å²) in [6.45, 7) is 6.30. The molecular weight excluding hydrogens is 202 g/mol. The van der Waals surface area contributed by atoms with Crippen LogP contribution in [0.5, 0.6) is 0 Å². The maximum atomic E-state index is 4.26. The van der Waals surface area contributed by atoms with Crippen molar-refractivity contribution in [3.8, 4) is 0 Å². The number of thiol groups is 1. The fourth-order valence-electron chi connectivity index (χ4n) is 2.59. The van der Waals surface area contributed by atoms with E-state index in [9.17, 15) is 0 Å². The number of likely N-dealkylation sites (tertiary alicyclic amines) is 1. The molecule has 0 aliphatic carbocycles. The lowest BCUT2D eigenvalue weighted by atomic mass is 9.96. The Bertz CT molecular complexity index is 149. The van der Waals surface area contributed by atoms with Crippen LogP contribution in [0.4, 0.5) is 0 Å². The highest BCUT2D eigenvalue weighted by molar-refractivity contribution is 7.80. The Kier molecular flexibility index (Phi) is 7.54. The van der Waals surface area contributed by atoms with Crippen molar-refractivity contribution >= 4 is 12.6 Å².